The molecule has 1 rings (SSSR count). The molecular formula is C10H5ClF3NO. The van der Waals surface area contributed by atoms with E-state index >= 15 is 0 Å². The van der Waals surface area contributed by atoms with Gasteiger partial charge < -0.3 is 0 Å². The van der Waals surface area contributed by atoms with Crippen LogP contribution in [0.2, 0.25) is 0 Å². The van der Waals surface area contributed by atoms with Gasteiger partial charge >= 0.3 is 6.18 Å². The van der Waals surface area contributed by atoms with E-state index in [1.165, 1.54) is 13.0 Å². The molecule has 0 bridgehead atoms. The Hall–Kier alpha value is -1.54. The van der Waals surface area contributed by atoms with Gasteiger partial charge in [0.05, 0.1) is 16.7 Å². The molecule has 0 atom stereocenters. The highest BCUT2D eigenvalue weighted by Gasteiger charge is 2.35. The third-order valence-corrected chi connectivity index (χ3v) is 2.22. The number of carbonyl (C=O) groups is 1. The van der Waals surface area contributed by atoms with Crippen LogP contribution >= 0.6 is 11.6 Å². The Morgan fingerprint density at radius 1 is 1.44 bits per heavy atom. The summed E-state index contributed by atoms with van der Waals surface area (Å²) in [7, 11) is 0. The normalized spacial score (nSPS) is 11.0. The maximum atomic E-state index is 12.5. The zero-order valence-electron chi connectivity index (χ0n) is 8.02. The molecule has 0 aliphatic heterocycles. The summed E-state index contributed by atoms with van der Waals surface area (Å²) in [6.45, 7) is 1.41. The fraction of sp³-hybridized carbons (Fsp3) is 0.200. The maximum absolute atomic E-state index is 12.5. The summed E-state index contributed by atoms with van der Waals surface area (Å²) in [5, 5.41) is 7.61. The summed E-state index contributed by atoms with van der Waals surface area (Å²) in [6.07, 6.45) is -4.68. The van der Waals surface area contributed by atoms with Gasteiger partial charge in [0.25, 0.3) is 5.24 Å². The Kier molecular flexibility index (Phi) is 3.24. The number of nitriles is 1. The van der Waals surface area contributed by atoms with Crippen LogP contribution in [0.3, 0.4) is 0 Å². The molecular weight excluding hydrogens is 243 g/mol. The number of hydrogen-bond acceptors (Lipinski definition) is 2. The van der Waals surface area contributed by atoms with Gasteiger partial charge in [-0.3, -0.25) is 4.79 Å². The quantitative estimate of drug-likeness (QED) is 0.715. The molecule has 0 aliphatic rings. The van der Waals surface area contributed by atoms with Crippen molar-refractivity contribution in [1.29, 1.82) is 5.26 Å². The van der Waals surface area contributed by atoms with E-state index in [2.05, 4.69) is 0 Å². The number of halogens is 4. The van der Waals surface area contributed by atoms with E-state index in [0.717, 1.165) is 12.1 Å². The van der Waals surface area contributed by atoms with E-state index < -0.39 is 22.5 Å². The van der Waals surface area contributed by atoms with Gasteiger partial charge in [-0.2, -0.15) is 18.4 Å². The summed E-state index contributed by atoms with van der Waals surface area (Å²) in [6, 6.07) is 3.24. The summed E-state index contributed by atoms with van der Waals surface area (Å²) >= 11 is 5.16. The number of carbonyl (C=O) groups excluding carboxylic acids is 1. The molecule has 2 nitrogen and oxygen atoms in total. The van der Waals surface area contributed by atoms with Gasteiger partial charge in [0.15, 0.2) is 0 Å². The predicted molar refractivity (Wildman–Crippen MR) is 51.1 cm³/mol. The molecule has 0 saturated heterocycles. The van der Waals surface area contributed by atoms with Gasteiger partial charge in [-0.05, 0) is 30.2 Å². The third kappa shape index (κ3) is 2.17. The van der Waals surface area contributed by atoms with Gasteiger partial charge in [-0.1, -0.05) is 6.07 Å². The average Bonchev–Trinajstić information content (AvgIpc) is 2.14. The van der Waals surface area contributed by atoms with E-state index in [1.807, 2.05) is 0 Å². The van der Waals surface area contributed by atoms with Crippen molar-refractivity contribution in [3.05, 3.63) is 34.4 Å². The number of aryl methyl sites for hydroxylation is 1. The Morgan fingerprint density at radius 2 is 2.00 bits per heavy atom. The van der Waals surface area contributed by atoms with E-state index in [9.17, 15) is 18.0 Å². The Bertz CT molecular complexity index is 488. The van der Waals surface area contributed by atoms with Crippen LogP contribution in [-0.2, 0) is 6.18 Å². The van der Waals surface area contributed by atoms with Crippen LogP contribution in [0.25, 0.3) is 0 Å². The topological polar surface area (TPSA) is 40.9 Å². The predicted octanol–water partition coefficient (Wildman–Crippen LogP) is 3.26. The van der Waals surface area contributed by atoms with Gasteiger partial charge in [-0.25, -0.2) is 0 Å². The second kappa shape index (κ2) is 4.14. The number of alkyl halides is 3. The number of rotatable bonds is 1. The molecule has 16 heavy (non-hydrogen) atoms. The lowest BCUT2D eigenvalue weighted by atomic mass is 9.98. The first-order valence-electron chi connectivity index (χ1n) is 4.09. The van der Waals surface area contributed by atoms with Gasteiger partial charge in [0.2, 0.25) is 0 Å². The van der Waals surface area contributed by atoms with Crippen molar-refractivity contribution in [2.45, 2.75) is 13.1 Å². The largest absolute Gasteiger partial charge is 0.417 e. The Morgan fingerprint density at radius 3 is 2.38 bits per heavy atom. The molecule has 0 amide bonds. The molecule has 0 aliphatic carbocycles. The third-order valence-electron chi connectivity index (χ3n) is 2.03. The number of nitrogens with zero attached hydrogens (tertiary/aromatic N) is 1. The lowest BCUT2D eigenvalue weighted by molar-refractivity contribution is -0.137. The average molecular weight is 248 g/mol. The van der Waals surface area contributed by atoms with Crippen molar-refractivity contribution >= 4 is 16.8 Å². The highest BCUT2D eigenvalue weighted by atomic mass is 35.5. The van der Waals surface area contributed by atoms with Crippen molar-refractivity contribution in [3.63, 3.8) is 0 Å². The molecule has 0 N–H and O–H groups in total. The van der Waals surface area contributed by atoms with Gasteiger partial charge in [0.1, 0.15) is 6.07 Å². The molecule has 0 radical (unpaired) electrons. The molecule has 0 saturated carbocycles. The molecule has 84 valence electrons. The van der Waals surface area contributed by atoms with Gasteiger partial charge in [-0.15, -0.1) is 0 Å². The molecule has 1 aromatic carbocycles. The maximum Gasteiger partial charge on any atom is 0.417 e. The van der Waals surface area contributed by atoms with Crippen LogP contribution in [0.5, 0.6) is 0 Å². The van der Waals surface area contributed by atoms with Crippen molar-refractivity contribution in [2.24, 2.45) is 0 Å². The summed E-state index contributed by atoms with van der Waals surface area (Å²) in [4.78, 5) is 11.0. The van der Waals surface area contributed by atoms with Crippen molar-refractivity contribution in [2.75, 3.05) is 0 Å². The van der Waals surface area contributed by atoms with Crippen LogP contribution in [0.4, 0.5) is 13.2 Å². The minimum absolute atomic E-state index is 0.240. The lowest BCUT2D eigenvalue weighted by Crippen LogP contribution is -2.11. The molecule has 6 heteroatoms. The summed E-state index contributed by atoms with van der Waals surface area (Å²) in [5.41, 5.74) is -2.03. The highest BCUT2D eigenvalue weighted by Crippen LogP contribution is 2.34. The van der Waals surface area contributed by atoms with Crippen LogP contribution in [-0.4, -0.2) is 5.24 Å². The molecule has 1 aromatic rings. The Labute approximate surface area is 94.2 Å². The summed E-state index contributed by atoms with van der Waals surface area (Å²) in [5.74, 6) is 0. The zero-order valence-corrected chi connectivity index (χ0v) is 8.78. The van der Waals surface area contributed by atoms with Crippen LogP contribution in [0.15, 0.2) is 12.1 Å². The Balaban J connectivity index is 3.64. The fourth-order valence-electron chi connectivity index (χ4n) is 1.31. The minimum atomic E-state index is -4.68. The van der Waals surface area contributed by atoms with E-state index in [-0.39, 0.29) is 11.1 Å². The first-order valence-corrected chi connectivity index (χ1v) is 4.47. The van der Waals surface area contributed by atoms with Crippen molar-refractivity contribution < 1.29 is 18.0 Å². The molecule has 0 heterocycles. The van der Waals surface area contributed by atoms with Crippen LogP contribution in [0.1, 0.15) is 27.0 Å². The van der Waals surface area contributed by atoms with Crippen LogP contribution in [0, 0.1) is 18.3 Å². The monoisotopic (exact) mass is 247 g/mol. The molecule has 0 fully saturated rings. The standard InChI is InChI=1S/C10H5ClF3NO/c1-5-2-3-7(10(12,13)14)6(4-15)8(5)9(11)16/h2-3H,1H3. The van der Waals surface area contributed by atoms with Gasteiger partial charge in [0, 0.05) is 0 Å². The minimum Gasteiger partial charge on any atom is -0.276 e. The molecule has 0 unspecified atom stereocenters. The van der Waals surface area contributed by atoms with E-state index in [4.69, 9.17) is 16.9 Å². The highest BCUT2D eigenvalue weighted by molar-refractivity contribution is 6.68. The first-order chi connectivity index (χ1) is 7.29. The van der Waals surface area contributed by atoms with Crippen molar-refractivity contribution in [1.82, 2.24) is 0 Å². The molecule has 0 aromatic heterocycles. The van der Waals surface area contributed by atoms with Crippen molar-refractivity contribution in [3.8, 4) is 6.07 Å². The van der Waals surface area contributed by atoms with Crippen LogP contribution < -0.4 is 0 Å². The number of hydrogen-bond donors (Lipinski definition) is 0. The smallest absolute Gasteiger partial charge is 0.276 e. The molecule has 0 spiro atoms. The summed E-state index contributed by atoms with van der Waals surface area (Å²) < 4.78 is 37.5. The first kappa shape index (κ1) is 12.5. The van der Waals surface area contributed by atoms with E-state index in [0.29, 0.717) is 0 Å². The fourth-order valence-corrected chi connectivity index (χ4v) is 1.56. The van der Waals surface area contributed by atoms with E-state index in [1.54, 1.807) is 0 Å². The zero-order chi connectivity index (χ0) is 12.5. The lowest BCUT2D eigenvalue weighted by Gasteiger charge is -2.12. The second-order valence-electron chi connectivity index (χ2n) is 3.06. The second-order valence-corrected chi connectivity index (χ2v) is 3.41. The SMILES string of the molecule is Cc1ccc(C(F)(F)F)c(C#N)c1C(=O)Cl. The number of benzene rings is 1.